The average molecular weight is 477 g/mol. The Bertz CT molecular complexity index is 674. The molecule has 3 aliphatic rings. The second-order valence-corrected chi connectivity index (χ2v) is 12.4. The standard InChI is InChI=1S/C19H30BrN3O2S2/c1-18(2)8-7-12-13(9-18)14(11-5-6-11)26-15(12)23(10-20)17(22-21)27-19(3,4)16(24)25/h11,13-14H,5-10,21H2,1-4H3,(H,24,25)/b22-17+. The first kappa shape index (κ1) is 21.4. The SMILES string of the molecule is CC1(C)CCC2=C(N(CBr)/C(=N\N)SC(C)(C)C(=O)O)SC(C3CC3)C2C1. The quantitative estimate of drug-likeness (QED) is 0.145. The molecule has 2 unspecified atom stereocenters. The van der Waals surface area contributed by atoms with Crippen molar-refractivity contribution in [1.82, 2.24) is 4.90 Å². The zero-order valence-electron chi connectivity index (χ0n) is 16.5. The topological polar surface area (TPSA) is 78.9 Å². The number of thioether (sulfide) groups is 2. The lowest BCUT2D eigenvalue weighted by atomic mass is 9.68. The fourth-order valence-corrected chi connectivity index (χ4v) is 7.62. The number of hydrogen-bond donors (Lipinski definition) is 2. The molecule has 0 saturated heterocycles. The molecule has 0 aromatic carbocycles. The number of carboxylic acids is 1. The molecule has 0 aromatic heterocycles. The van der Waals surface area contributed by atoms with Gasteiger partial charge in [0, 0.05) is 5.25 Å². The Morgan fingerprint density at radius 1 is 1.48 bits per heavy atom. The Hall–Kier alpha value is -0.340. The molecule has 0 bridgehead atoms. The number of rotatable bonds is 5. The summed E-state index contributed by atoms with van der Waals surface area (Å²) in [5.41, 5.74) is 2.48. The van der Waals surface area contributed by atoms with Gasteiger partial charge >= 0.3 is 5.97 Å². The number of alkyl halides is 1. The van der Waals surface area contributed by atoms with Crippen molar-refractivity contribution in [3.63, 3.8) is 0 Å². The normalized spacial score (nSPS) is 28.3. The fraction of sp³-hybridized carbons (Fsp3) is 0.789. The van der Waals surface area contributed by atoms with Gasteiger partial charge in [-0.05, 0) is 68.8 Å². The number of halogens is 1. The number of nitrogens with two attached hydrogens (primary N) is 1. The van der Waals surface area contributed by atoms with Gasteiger partial charge in [0.15, 0.2) is 5.17 Å². The maximum Gasteiger partial charge on any atom is 0.319 e. The van der Waals surface area contributed by atoms with Crippen LogP contribution in [-0.2, 0) is 4.79 Å². The van der Waals surface area contributed by atoms with Crippen LogP contribution in [0.4, 0.5) is 0 Å². The van der Waals surface area contributed by atoms with Gasteiger partial charge in [-0.2, -0.15) is 5.10 Å². The van der Waals surface area contributed by atoms with Gasteiger partial charge in [-0.3, -0.25) is 4.79 Å². The minimum Gasteiger partial charge on any atom is -0.480 e. The summed E-state index contributed by atoms with van der Waals surface area (Å²) in [4.78, 5) is 13.7. The molecule has 3 rings (SSSR count). The maximum atomic E-state index is 11.6. The number of amidine groups is 1. The summed E-state index contributed by atoms with van der Waals surface area (Å²) in [6.45, 7) is 8.15. The van der Waals surface area contributed by atoms with Crippen molar-refractivity contribution >= 4 is 50.6 Å². The van der Waals surface area contributed by atoms with Crippen LogP contribution in [0.5, 0.6) is 0 Å². The molecule has 0 aromatic rings. The predicted molar refractivity (Wildman–Crippen MR) is 119 cm³/mol. The lowest BCUT2D eigenvalue weighted by molar-refractivity contribution is -0.138. The zero-order chi connectivity index (χ0) is 20.0. The first-order valence-corrected chi connectivity index (χ1v) is 12.3. The van der Waals surface area contributed by atoms with Crippen LogP contribution >= 0.6 is 39.5 Å². The van der Waals surface area contributed by atoms with Crippen molar-refractivity contribution in [3.05, 3.63) is 10.6 Å². The molecule has 1 aliphatic heterocycles. The number of carboxylic acid groups (broad SMARTS) is 1. The Morgan fingerprint density at radius 3 is 2.67 bits per heavy atom. The number of fused-ring (bicyclic) bond motifs is 1. The summed E-state index contributed by atoms with van der Waals surface area (Å²) in [5, 5.41) is 16.0. The molecule has 2 atom stereocenters. The van der Waals surface area contributed by atoms with Crippen LogP contribution in [0.1, 0.15) is 59.8 Å². The lowest BCUT2D eigenvalue weighted by Crippen LogP contribution is -2.35. The molecule has 152 valence electrons. The first-order valence-electron chi connectivity index (χ1n) is 9.53. The maximum absolute atomic E-state index is 11.6. The van der Waals surface area contributed by atoms with Crippen molar-refractivity contribution in [2.24, 2.45) is 28.2 Å². The molecular weight excluding hydrogens is 446 g/mol. The van der Waals surface area contributed by atoms with Crippen molar-refractivity contribution in [3.8, 4) is 0 Å². The Balaban J connectivity index is 1.90. The first-order chi connectivity index (χ1) is 12.6. The van der Waals surface area contributed by atoms with E-state index in [9.17, 15) is 9.90 Å². The number of nitrogens with zero attached hydrogens (tertiary/aromatic N) is 2. The van der Waals surface area contributed by atoms with Gasteiger partial charge in [-0.1, -0.05) is 41.5 Å². The summed E-state index contributed by atoms with van der Waals surface area (Å²) >= 11 is 6.79. The molecule has 2 saturated carbocycles. The predicted octanol–water partition coefficient (Wildman–Crippen LogP) is 5.03. The highest BCUT2D eigenvalue weighted by Gasteiger charge is 2.49. The van der Waals surface area contributed by atoms with Crippen molar-refractivity contribution in [1.29, 1.82) is 0 Å². The second-order valence-electron chi connectivity index (χ2n) is 9.10. The molecule has 0 spiro atoms. The van der Waals surface area contributed by atoms with E-state index < -0.39 is 10.7 Å². The molecule has 2 fully saturated rings. The highest BCUT2D eigenvalue weighted by Crippen LogP contribution is 2.60. The van der Waals surface area contributed by atoms with E-state index in [1.807, 2.05) is 11.8 Å². The van der Waals surface area contributed by atoms with Crippen molar-refractivity contribution < 1.29 is 9.90 Å². The van der Waals surface area contributed by atoms with Crippen LogP contribution in [0.2, 0.25) is 0 Å². The fourth-order valence-electron chi connectivity index (χ4n) is 4.05. The molecular formula is C19H30BrN3O2S2. The summed E-state index contributed by atoms with van der Waals surface area (Å²) in [6.07, 6.45) is 6.21. The van der Waals surface area contributed by atoms with Gasteiger partial charge in [0.05, 0.1) is 10.5 Å². The monoisotopic (exact) mass is 475 g/mol. The van der Waals surface area contributed by atoms with Gasteiger partial charge in [0.2, 0.25) is 0 Å². The number of carbonyl (C=O) groups is 1. The minimum absolute atomic E-state index is 0.390. The Morgan fingerprint density at radius 2 is 2.15 bits per heavy atom. The number of allylic oxidation sites excluding steroid dienone is 1. The minimum atomic E-state index is -0.989. The molecule has 8 heteroatoms. The third kappa shape index (κ3) is 4.47. The van der Waals surface area contributed by atoms with Crippen LogP contribution in [0.3, 0.4) is 0 Å². The summed E-state index contributed by atoms with van der Waals surface area (Å²) < 4.78 is -0.989. The van der Waals surface area contributed by atoms with Gasteiger partial charge in [-0.25, -0.2) is 0 Å². The summed E-state index contributed by atoms with van der Waals surface area (Å²) in [5.74, 6) is 6.30. The summed E-state index contributed by atoms with van der Waals surface area (Å²) in [6, 6.07) is 0. The highest BCUT2D eigenvalue weighted by molar-refractivity contribution is 9.09. The second kappa shape index (κ2) is 7.82. The third-order valence-corrected chi connectivity index (χ3v) is 9.25. The highest BCUT2D eigenvalue weighted by atomic mass is 79.9. The van der Waals surface area contributed by atoms with Crippen molar-refractivity contribution in [2.75, 3.05) is 5.45 Å². The van der Waals surface area contributed by atoms with Gasteiger partial charge in [-0.15, -0.1) is 11.8 Å². The molecule has 5 nitrogen and oxygen atoms in total. The smallest absolute Gasteiger partial charge is 0.319 e. The van der Waals surface area contributed by atoms with E-state index in [1.165, 1.54) is 48.0 Å². The molecule has 0 radical (unpaired) electrons. The van der Waals surface area contributed by atoms with Crippen LogP contribution in [0.15, 0.2) is 15.7 Å². The molecule has 2 aliphatic carbocycles. The Kier molecular flexibility index (Phi) is 6.19. The van der Waals surface area contributed by atoms with E-state index >= 15 is 0 Å². The number of hydrogen-bond acceptors (Lipinski definition) is 5. The molecule has 1 heterocycles. The third-order valence-electron chi connectivity index (χ3n) is 5.86. The Labute approximate surface area is 179 Å². The van der Waals surface area contributed by atoms with Gasteiger partial charge in [0.1, 0.15) is 4.75 Å². The summed E-state index contributed by atoms with van der Waals surface area (Å²) in [7, 11) is 0. The lowest BCUT2D eigenvalue weighted by Gasteiger charge is -2.37. The van der Waals surface area contributed by atoms with E-state index in [-0.39, 0.29) is 0 Å². The molecule has 27 heavy (non-hydrogen) atoms. The largest absolute Gasteiger partial charge is 0.480 e. The van der Waals surface area contributed by atoms with Gasteiger partial charge < -0.3 is 15.8 Å². The van der Waals surface area contributed by atoms with Crippen molar-refractivity contribution in [2.45, 2.75) is 69.8 Å². The van der Waals surface area contributed by atoms with Crippen LogP contribution in [-0.4, -0.2) is 36.6 Å². The van der Waals surface area contributed by atoms with E-state index in [1.54, 1.807) is 13.8 Å². The van der Waals surface area contributed by atoms with E-state index in [0.29, 0.717) is 27.2 Å². The van der Waals surface area contributed by atoms with Crippen LogP contribution in [0, 0.1) is 17.3 Å². The number of aliphatic carboxylic acids is 1. The molecule has 3 N–H and O–H groups in total. The molecule has 0 amide bonds. The number of hydrazone groups is 1. The van der Waals surface area contributed by atoms with Gasteiger partial charge in [0.25, 0.3) is 0 Å². The van der Waals surface area contributed by atoms with Crippen LogP contribution in [0.25, 0.3) is 0 Å². The average Bonchev–Trinajstić information content (AvgIpc) is 3.36. The van der Waals surface area contributed by atoms with E-state index in [4.69, 9.17) is 5.84 Å². The van der Waals surface area contributed by atoms with E-state index in [0.717, 1.165) is 12.3 Å². The van der Waals surface area contributed by atoms with Crippen LogP contribution < -0.4 is 5.84 Å². The van der Waals surface area contributed by atoms with E-state index in [2.05, 4.69) is 39.8 Å². The zero-order valence-corrected chi connectivity index (χ0v) is 19.7.